The maximum Gasteiger partial charge on any atom is 0.276 e. The summed E-state index contributed by atoms with van der Waals surface area (Å²) in [5, 5.41) is 6.55. The van der Waals surface area contributed by atoms with Crippen molar-refractivity contribution in [2.24, 2.45) is 0 Å². The van der Waals surface area contributed by atoms with Gasteiger partial charge in [0.1, 0.15) is 0 Å². The molecule has 2 heterocycles. The molecular formula is C23H27N3O2. The van der Waals surface area contributed by atoms with Gasteiger partial charge in [-0.25, -0.2) is 0 Å². The van der Waals surface area contributed by atoms with Crippen molar-refractivity contribution < 1.29 is 9.32 Å². The predicted molar refractivity (Wildman–Crippen MR) is 110 cm³/mol. The van der Waals surface area contributed by atoms with Gasteiger partial charge in [-0.15, -0.1) is 0 Å². The zero-order valence-electron chi connectivity index (χ0n) is 16.8. The van der Waals surface area contributed by atoms with Gasteiger partial charge in [-0.2, -0.15) is 0 Å². The van der Waals surface area contributed by atoms with E-state index in [0.29, 0.717) is 18.0 Å². The van der Waals surface area contributed by atoms with Crippen LogP contribution in [0.5, 0.6) is 0 Å². The molecule has 1 amide bonds. The predicted octanol–water partition coefficient (Wildman–Crippen LogP) is 4.13. The lowest BCUT2D eigenvalue weighted by Gasteiger charge is -2.35. The Kier molecular flexibility index (Phi) is 4.94. The first kappa shape index (κ1) is 18.7. The fourth-order valence-electron chi connectivity index (χ4n) is 4.35. The summed E-state index contributed by atoms with van der Waals surface area (Å²) in [6.45, 7) is 3.59. The molecule has 0 saturated carbocycles. The summed E-state index contributed by atoms with van der Waals surface area (Å²) in [7, 11) is 3.93. The number of likely N-dealkylation sites (tertiary alicyclic amines) is 1. The van der Waals surface area contributed by atoms with E-state index in [1.165, 1.54) is 16.3 Å². The Balaban J connectivity index is 1.59. The molecule has 0 spiro atoms. The molecule has 2 aromatic carbocycles. The van der Waals surface area contributed by atoms with Crippen LogP contribution < -0.4 is 0 Å². The van der Waals surface area contributed by atoms with Crippen LogP contribution in [0.2, 0.25) is 0 Å². The van der Waals surface area contributed by atoms with Gasteiger partial charge in [0.05, 0.1) is 6.54 Å². The second-order valence-electron chi connectivity index (χ2n) is 8.29. The third kappa shape index (κ3) is 3.54. The Hall–Kier alpha value is -2.66. The summed E-state index contributed by atoms with van der Waals surface area (Å²) < 4.78 is 5.36. The van der Waals surface area contributed by atoms with Crippen LogP contribution in [-0.4, -0.2) is 47.0 Å². The lowest BCUT2D eigenvalue weighted by Crippen LogP contribution is -2.46. The number of rotatable bonds is 5. The van der Waals surface area contributed by atoms with E-state index in [-0.39, 0.29) is 11.4 Å². The van der Waals surface area contributed by atoms with Crippen molar-refractivity contribution in [1.82, 2.24) is 15.0 Å². The highest BCUT2D eigenvalue weighted by molar-refractivity contribution is 5.93. The van der Waals surface area contributed by atoms with Crippen LogP contribution >= 0.6 is 0 Å². The summed E-state index contributed by atoms with van der Waals surface area (Å²) >= 11 is 0. The van der Waals surface area contributed by atoms with Gasteiger partial charge in [0.15, 0.2) is 11.5 Å². The van der Waals surface area contributed by atoms with Gasteiger partial charge < -0.3 is 14.3 Å². The molecule has 0 radical (unpaired) electrons. The first-order valence-corrected chi connectivity index (χ1v) is 9.85. The molecule has 28 heavy (non-hydrogen) atoms. The average molecular weight is 377 g/mol. The zero-order valence-corrected chi connectivity index (χ0v) is 16.8. The lowest BCUT2D eigenvalue weighted by molar-refractivity contribution is 0.0614. The molecule has 4 rings (SSSR count). The van der Waals surface area contributed by atoms with Crippen LogP contribution in [0.15, 0.2) is 53.1 Å². The van der Waals surface area contributed by atoms with Crippen LogP contribution in [0, 0.1) is 0 Å². The standard InChI is InChI=1S/C23H27N3O2/c1-23(15-18-10-6-9-17-8-4-5-11-20(17)18)12-7-13-26(23)22(27)21-14-19(28-24-21)16-25(2)3/h4-6,8-11,14H,7,12-13,15-16H2,1-3H3. The Morgan fingerprint density at radius 3 is 2.82 bits per heavy atom. The van der Waals surface area contributed by atoms with E-state index in [0.717, 1.165) is 25.8 Å². The summed E-state index contributed by atoms with van der Waals surface area (Å²) in [6, 6.07) is 16.6. The van der Waals surface area contributed by atoms with Crippen molar-refractivity contribution in [2.45, 2.75) is 38.3 Å². The second kappa shape index (κ2) is 7.40. The Labute approximate surface area is 165 Å². The summed E-state index contributed by atoms with van der Waals surface area (Å²) in [5.41, 5.74) is 1.47. The molecular weight excluding hydrogens is 350 g/mol. The fourth-order valence-corrected chi connectivity index (χ4v) is 4.35. The number of carbonyl (C=O) groups excluding carboxylic acids is 1. The van der Waals surface area contributed by atoms with Crippen LogP contribution in [0.1, 0.15) is 41.6 Å². The second-order valence-corrected chi connectivity index (χ2v) is 8.29. The first-order chi connectivity index (χ1) is 13.5. The van der Waals surface area contributed by atoms with Crippen molar-refractivity contribution in [1.29, 1.82) is 0 Å². The summed E-state index contributed by atoms with van der Waals surface area (Å²) in [4.78, 5) is 17.2. The molecule has 0 bridgehead atoms. The largest absolute Gasteiger partial charge is 0.359 e. The van der Waals surface area contributed by atoms with Gasteiger partial charge in [0, 0.05) is 18.2 Å². The number of amides is 1. The van der Waals surface area contributed by atoms with Crippen LogP contribution in [0.3, 0.4) is 0 Å². The van der Waals surface area contributed by atoms with Crippen LogP contribution in [0.4, 0.5) is 0 Å². The fraction of sp³-hybridized carbons (Fsp3) is 0.391. The highest BCUT2D eigenvalue weighted by Crippen LogP contribution is 2.35. The van der Waals surface area contributed by atoms with Crippen LogP contribution in [0.25, 0.3) is 10.8 Å². The third-order valence-electron chi connectivity index (χ3n) is 5.70. The topological polar surface area (TPSA) is 49.6 Å². The minimum absolute atomic E-state index is 0.0333. The molecule has 5 heteroatoms. The van der Waals surface area contributed by atoms with E-state index in [1.54, 1.807) is 6.07 Å². The van der Waals surface area contributed by atoms with Crippen molar-refractivity contribution in [2.75, 3.05) is 20.6 Å². The number of fused-ring (bicyclic) bond motifs is 1. The smallest absolute Gasteiger partial charge is 0.276 e. The molecule has 3 aromatic rings. The van der Waals surface area contributed by atoms with E-state index in [4.69, 9.17) is 4.52 Å². The van der Waals surface area contributed by atoms with Crippen molar-refractivity contribution in [3.8, 4) is 0 Å². The number of hydrogen-bond acceptors (Lipinski definition) is 4. The zero-order chi connectivity index (χ0) is 19.7. The molecule has 1 fully saturated rings. The van der Waals surface area contributed by atoms with Crippen molar-refractivity contribution >= 4 is 16.7 Å². The SMILES string of the molecule is CN(C)Cc1cc(C(=O)N2CCCC2(C)Cc2cccc3ccccc23)no1. The van der Waals surface area contributed by atoms with Gasteiger partial charge in [0.2, 0.25) is 0 Å². The maximum atomic E-state index is 13.2. The van der Waals surface area contributed by atoms with Gasteiger partial charge in [-0.05, 0) is 56.6 Å². The van der Waals surface area contributed by atoms with E-state index in [2.05, 4.69) is 54.5 Å². The van der Waals surface area contributed by atoms with Gasteiger partial charge in [-0.1, -0.05) is 47.6 Å². The monoisotopic (exact) mass is 377 g/mol. The molecule has 146 valence electrons. The molecule has 1 unspecified atom stereocenters. The number of benzene rings is 2. The van der Waals surface area contributed by atoms with Gasteiger partial charge in [0.25, 0.3) is 5.91 Å². The summed E-state index contributed by atoms with van der Waals surface area (Å²) in [6.07, 6.45) is 2.84. The molecule has 0 aliphatic carbocycles. The molecule has 1 aliphatic rings. The van der Waals surface area contributed by atoms with Crippen molar-refractivity contribution in [3.05, 3.63) is 65.5 Å². The molecule has 5 nitrogen and oxygen atoms in total. The normalized spacial score (nSPS) is 19.6. The highest BCUT2D eigenvalue weighted by Gasteiger charge is 2.41. The number of hydrogen-bond donors (Lipinski definition) is 0. The Bertz CT molecular complexity index is 989. The van der Waals surface area contributed by atoms with Crippen molar-refractivity contribution in [3.63, 3.8) is 0 Å². The highest BCUT2D eigenvalue weighted by atomic mass is 16.5. The van der Waals surface area contributed by atoms with E-state index >= 15 is 0 Å². The first-order valence-electron chi connectivity index (χ1n) is 9.85. The maximum absolute atomic E-state index is 13.2. The minimum Gasteiger partial charge on any atom is -0.359 e. The number of nitrogens with zero attached hydrogens (tertiary/aromatic N) is 3. The van der Waals surface area contributed by atoms with Gasteiger partial charge >= 0.3 is 0 Å². The molecule has 1 saturated heterocycles. The lowest BCUT2D eigenvalue weighted by atomic mass is 9.87. The molecule has 0 N–H and O–H groups in total. The number of aromatic nitrogens is 1. The average Bonchev–Trinajstić information content (AvgIpc) is 3.28. The van der Waals surface area contributed by atoms with Crippen LogP contribution in [-0.2, 0) is 13.0 Å². The number of carbonyl (C=O) groups is 1. The third-order valence-corrected chi connectivity index (χ3v) is 5.70. The summed E-state index contributed by atoms with van der Waals surface area (Å²) in [5.74, 6) is 0.678. The van der Waals surface area contributed by atoms with E-state index in [1.807, 2.05) is 23.9 Å². The molecule has 1 aliphatic heterocycles. The Morgan fingerprint density at radius 2 is 2.00 bits per heavy atom. The van der Waals surface area contributed by atoms with E-state index < -0.39 is 0 Å². The Morgan fingerprint density at radius 1 is 1.21 bits per heavy atom. The quantitative estimate of drug-likeness (QED) is 0.671. The van der Waals surface area contributed by atoms with E-state index in [9.17, 15) is 4.79 Å². The molecule has 1 atom stereocenters. The minimum atomic E-state index is -0.220. The van der Waals surface area contributed by atoms with Gasteiger partial charge in [-0.3, -0.25) is 4.79 Å². The molecule has 1 aromatic heterocycles.